The van der Waals surface area contributed by atoms with E-state index in [9.17, 15) is 0 Å². The van der Waals surface area contributed by atoms with E-state index in [1.807, 2.05) is 12.1 Å². The second-order valence-electron chi connectivity index (χ2n) is 6.72. The fourth-order valence-electron chi connectivity index (χ4n) is 3.42. The summed E-state index contributed by atoms with van der Waals surface area (Å²) in [5.74, 6) is 0.157. The van der Waals surface area contributed by atoms with Crippen molar-refractivity contribution in [3.63, 3.8) is 0 Å². The summed E-state index contributed by atoms with van der Waals surface area (Å²) in [6.07, 6.45) is 2.19. The smallest absolute Gasteiger partial charge is 0.0344 e. The monoisotopic (exact) mass is 358 g/mol. The van der Waals surface area contributed by atoms with Gasteiger partial charge >= 0.3 is 0 Å². The summed E-state index contributed by atoms with van der Waals surface area (Å²) in [5.41, 5.74) is 9.62. The van der Waals surface area contributed by atoms with Gasteiger partial charge in [-0.15, -0.1) is 5.73 Å². The molecule has 0 nitrogen and oxygen atoms in total. The lowest BCUT2D eigenvalue weighted by Gasteiger charge is -2.13. The Morgan fingerprint density at radius 3 is 1.25 bits per heavy atom. The van der Waals surface area contributed by atoms with E-state index in [2.05, 4.69) is 121 Å². The molecule has 0 radical (unpaired) electrons. The van der Waals surface area contributed by atoms with Gasteiger partial charge in [0.1, 0.15) is 0 Å². The molecule has 0 unspecified atom stereocenters. The molecular weight excluding hydrogens is 336 g/mol. The molecule has 0 saturated heterocycles. The molecule has 0 heterocycles. The van der Waals surface area contributed by atoms with Crippen molar-refractivity contribution in [3.8, 4) is 0 Å². The third-order valence-corrected chi connectivity index (χ3v) is 4.84. The molecule has 0 N–H and O–H groups in total. The van der Waals surface area contributed by atoms with Crippen LogP contribution in [0.2, 0.25) is 0 Å². The molecule has 134 valence electrons. The maximum atomic E-state index is 3.64. The van der Waals surface area contributed by atoms with Crippen LogP contribution in [0.1, 0.15) is 28.2 Å². The first-order valence-corrected chi connectivity index (χ1v) is 9.59. The molecule has 0 heteroatoms. The van der Waals surface area contributed by atoms with Gasteiger partial charge in [-0.05, 0) is 28.3 Å². The van der Waals surface area contributed by atoms with E-state index in [-0.39, 0.29) is 5.92 Å². The fourth-order valence-corrected chi connectivity index (χ4v) is 3.42. The fraction of sp³-hybridized carbons (Fsp3) is 0.0357. The summed E-state index contributed by atoms with van der Waals surface area (Å²) in [6.45, 7) is 0. The molecule has 0 aromatic heterocycles. The van der Waals surface area contributed by atoms with Crippen LogP contribution in [0.25, 0.3) is 5.57 Å². The molecule has 0 atom stereocenters. The van der Waals surface area contributed by atoms with Gasteiger partial charge in [-0.3, -0.25) is 0 Å². The van der Waals surface area contributed by atoms with E-state index >= 15 is 0 Å². The standard InChI is InChI=1S/C28H22/c1-5-13-23(14-6-1)27(24-15-7-2-8-16-24)21-22-28(25-17-9-3-10-18-25)26-19-11-4-12-20-26/h1-21,27H. The maximum absolute atomic E-state index is 3.64. The van der Waals surface area contributed by atoms with E-state index < -0.39 is 0 Å². The van der Waals surface area contributed by atoms with Gasteiger partial charge in [-0.1, -0.05) is 121 Å². The van der Waals surface area contributed by atoms with Crippen molar-refractivity contribution in [2.24, 2.45) is 0 Å². The lowest BCUT2D eigenvalue weighted by atomic mass is 9.90. The van der Waals surface area contributed by atoms with Crippen LogP contribution in [0.3, 0.4) is 0 Å². The highest BCUT2D eigenvalue weighted by molar-refractivity contribution is 5.79. The largest absolute Gasteiger partial charge is 0.115 e. The molecular formula is C28H22. The van der Waals surface area contributed by atoms with Gasteiger partial charge in [0.25, 0.3) is 0 Å². The normalized spacial score (nSPS) is 10.3. The number of rotatable bonds is 5. The van der Waals surface area contributed by atoms with Crippen LogP contribution in [0.15, 0.2) is 133 Å². The lowest BCUT2D eigenvalue weighted by molar-refractivity contribution is 1.03. The molecule has 28 heavy (non-hydrogen) atoms. The second-order valence-corrected chi connectivity index (χ2v) is 6.72. The summed E-state index contributed by atoms with van der Waals surface area (Å²) >= 11 is 0. The molecule has 0 aliphatic heterocycles. The predicted molar refractivity (Wildman–Crippen MR) is 118 cm³/mol. The number of hydrogen-bond acceptors (Lipinski definition) is 0. The second kappa shape index (κ2) is 8.86. The van der Waals surface area contributed by atoms with Crippen LogP contribution in [-0.4, -0.2) is 0 Å². The summed E-state index contributed by atoms with van der Waals surface area (Å²) in [7, 11) is 0. The minimum Gasteiger partial charge on any atom is -0.115 e. The van der Waals surface area contributed by atoms with Crippen LogP contribution in [-0.2, 0) is 0 Å². The van der Waals surface area contributed by atoms with Crippen LogP contribution in [0, 0.1) is 0 Å². The molecule has 4 aromatic rings. The van der Waals surface area contributed by atoms with E-state index in [0.717, 1.165) is 5.57 Å². The Labute approximate surface area is 167 Å². The Kier molecular flexibility index (Phi) is 5.63. The Morgan fingerprint density at radius 2 is 0.857 bits per heavy atom. The summed E-state index contributed by atoms with van der Waals surface area (Å²) in [5, 5.41) is 0. The third kappa shape index (κ3) is 4.20. The van der Waals surface area contributed by atoms with Crippen LogP contribution in [0.5, 0.6) is 0 Å². The lowest BCUT2D eigenvalue weighted by Crippen LogP contribution is -1.97. The molecule has 0 saturated carbocycles. The molecule has 0 spiro atoms. The zero-order valence-electron chi connectivity index (χ0n) is 15.7. The highest BCUT2D eigenvalue weighted by atomic mass is 14.1. The van der Waals surface area contributed by atoms with Gasteiger partial charge in [0.2, 0.25) is 0 Å². The van der Waals surface area contributed by atoms with Gasteiger partial charge < -0.3 is 0 Å². The van der Waals surface area contributed by atoms with Crippen molar-refractivity contribution in [2.75, 3.05) is 0 Å². The third-order valence-electron chi connectivity index (χ3n) is 4.84. The van der Waals surface area contributed by atoms with Gasteiger partial charge in [0, 0.05) is 11.5 Å². The average Bonchev–Trinajstić information content (AvgIpc) is 2.79. The molecule has 0 fully saturated rings. The van der Waals surface area contributed by atoms with Gasteiger partial charge in [0.05, 0.1) is 0 Å². The van der Waals surface area contributed by atoms with Crippen molar-refractivity contribution in [2.45, 2.75) is 5.92 Å². The first-order valence-electron chi connectivity index (χ1n) is 9.59. The van der Waals surface area contributed by atoms with Crippen LogP contribution in [0.4, 0.5) is 0 Å². The Morgan fingerprint density at radius 1 is 0.500 bits per heavy atom. The van der Waals surface area contributed by atoms with E-state index in [1.54, 1.807) is 0 Å². The highest BCUT2D eigenvalue weighted by Crippen LogP contribution is 2.28. The average molecular weight is 358 g/mol. The minimum absolute atomic E-state index is 0.157. The summed E-state index contributed by atoms with van der Waals surface area (Å²) < 4.78 is 0. The first-order chi connectivity index (χ1) is 13.9. The predicted octanol–water partition coefficient (Wildman–Crippen LogP) is 7.11. The van der Waals surface area contributed by atoms with Crippen molar-refractivity contribution in [1.29, 1.82) is 0 Å². The van der Waals surface area contributed by atoms with Crippen LogP contribution < -0.4 is 0 Å². The zero-order chi connectivity index (χ0) is 19.0. The van der Waals surface area contributed by atoms with Crippen LogP contribution >= 0.6 is 0 Å². The number of benzene rings is 4. The molecule has 0 amide bonds. The molecule has 4 aromatic carbocycles. The quantitative estimate of drug-likeness (QED) is 0.334. The van der Waals surface area contributed by atoms with Crippen molar-refractivity contribution < 1.29 is 0 Å². The Balaban J connectivity index is 1.87. The van der Waals surface area contributed by atoms with Gasteiger partial charge in [-0.2, -0.15) is 0 Å². The summed E-state index contributed by atoms with van der Waals surface area (Å²) in [6, 6.07) is 42.2. The Bertz CT molecular complexity index is 975. The van der Waals surface area contributed by atoms with E-state index in [4.69, 9.17) is 0 Å². The zero-order valence-corrected chi connectivity index (χ0v) is 15.7. The number of hydrogen-bond donors (Lipinski definition) is 0. The van der Waals surface area contributed by atoms with E-state index in [0.29, 0.717) is 0 Å². The van der Waals surface area contributed by atoms with Gasteiger partial charge in [-0.25, -0.2) is 0 Å². The summed E-state index contributed by atoms with van der Waals surface area (Å²) in [4.78, 5) is 0. The molecule has 0 aliphatic rings. The van der Waals surface area contributed by atoms with E-state index in [1.165, 1.54) is 22.3 Å². The van der Waals surface area contributed by atoms with Crippen molar-refractivity contribution >= 4 is 5.57 Å². The molecule has 0 bridgehead atoms. The van der Waals surface area contributed by atoms with Gasteiger partial charge in [0.15, 0.2) is 0 Å². The maximum Gasteiger partial charge on any atom is 0.0344 e. The Hall–Kier alpha value is -3.60. The number of allylic oxidation sites excluding steroid dienone is 1. The molecule has 4 rings (SSSR count). The van der Waals surface area contributed by atoms with Crippen molar-refractivity contribution in [1.82, 2.24) is 0 Å². The minimum atomic E-state index is 0.157. The SMILES string of the molecule is C(=CC(c1ccccc1)c1ccccc1)=C(c1ccccc1)c1ccccc1. The van der Waals surface area contributed by atoms with Crippen molar-refractivity contribution in [3.05, 3.63) is 155 Å². The molecule has 0 aliphatic carbocycles. The first kappa shape index (κ1) is 17.8. The topological polar surface area (TPSA) is 0 Å². The highest BCUT2D eigenvalue weighted by Gasteiger charge is 2.11.